The predicted molar refractivity (Wildman–Crippen MR) is 392 cm³/mol. The molecule has 0 aromatic carbocycles. The molecule has 53 heteroatoms. The van der Waals surface area contributed by atoms with Crippen molar-refractivity contribution in [2.75, 3.05) is 95.1 Å². The predicted octanol–water partition coefficient (Wildman–Crippen LogP) is -3.41. The van der Waals surface area contributed by atoms with Crippen LogP contribution < -0.4 is 45.3 Å². The maximum absolute atomic E-state index is 15.3. The summed E-state index contributed by atoms with van der Waals surface area (Å²) in [6.07, 6.45) is -16.6. The number of ether oxygens (including phenoxy) is 5. The number of anilines is 5. The number of aromatic nitrogens is 18. The van der Waals surface area contributed by atoms with Crippen LogP contribution in [-0.2, 0) is 23.7 Å². The third-order valence-corrected chi connectivity index (χ3v) is 18.9. The second kappa shape index (κ2) is 35.9. The molecule has 41 nitrogen and oxygen atoms in total. The molecule has 10 aromatic heterocycles. The van der Waals surface area contributed by atoms with E-state index in [-0.39, 0.29) is 79.0 Å². The van der Waals surface area contributed by atoms with E-state index in [1.165, 1.54) is 40.2 Å². The molecule has 20 atom stereocenters. The highest BCUT2D eigenvalue weighted by Crippen LogP contribution is 2.48. The molecule has 15 rings (SSSR count). The Morgan fingerprint density at radius 3 is 1.23 bits per heavy atom. The van der Waals surface area contributed by atoms with Crippen molar-refractivity contribution in [2.24, 2.45) is 0 Å². The summed E-state index contributed by atoms with van der Waals surface area (Å²) in [5.74, 6) is 17.7. The fourth-order valence-electron chi connectivity index (χ4n) is 13.2. The summed E-state index contributed by atoms with van der Waals surface area (Å²) < 4.78 is 184. The van der Waals surface area contributed by atoms with Crippen LogP contribution in [0.4, 0.5) is 78.0 Å². The number of hydrogen-bond acceptors (Lipinski definition) is 33. The van der Waals surface area contributed by atoms with Crippen molar-refractivity contribution in [3.63, 3.8) is 0 Å². The van der Waals surface area contributed by atoms with Gasteiger partial charge in [-0.15, -0.1) is 0 Å². The van der Waals surface area contributed by atoms with Crippen molar-refractivity contribution in [2.45, 2.75) is 121 Å². The van der Waals surface area contributed by atoms with E-state index in [1.54, 1.807) is 0 Å². The largest absolute Gasteiger partial charge is 0.394 e. The van der Waals surface area contributed by atoms with Crippen molar-refractivity contribution in [3.05, 3.63) is 85.2 Å². The number of imidazole rings is 3. The molecule has 0 aliphatic carbocycles. The lowest BCUT2D eigenvalue weighted by molar-refractivity contribution is -0.0504. The Morgan fingerprint density at radius 2 is 0.792 bits per heavy atom. The summed E-state index contributed by atoms with van der Waals surface area (Å²) in [5.41, 5.74) is 12.2. The second-order valence-electron chi connectivity index (χ2n) is 25.9. The van der Waals surface area contributed by atoms with Crippen LogP contribution in [0, 0.1) is 69.7 Å². The average Bonchev–Trinajstić information content (AvgIpc) is 1.63. The van der Waals surface area contributed by atoms with Crippen LogP contribution in [0.2, 0.25) is 0 Å². The molecule has 120 heavy (non-hydrogen) atoms. The number of halogens is 11. The number of nitrogens with zero attached hydrogens (tertiary/aromatic N) is 14. The number of aromatic amines is 4. The van der Waals surface area contributed by atoms with E-state index in [1.807, 2.05) is 59.2 Å². The van der Waals surface area contributed by atoms with Gasteiger partial charge in [-0.1, -0.05) is 71.4 Å². The molecule has 0 amide bonds. The Kier molecular flexibility index (Phi) is 26.5. The maximum atomic E-state index is 15.3. The minimum Gasteiger partial charge on any atom is -0.394 e. The molecule has 5 aliphatic rings. The van der Waals surface area contributed by atoms with Gasteiger partial charge in [0, 0.05) is 12.4 Å². The molecule has 5 fully saturated rings. The SMILES string of the molecule is Nc1nc(=S)c2ncn([C@@H]3O[C@H](CO)[C@H](O)C3(F)C#CCF)c2[nH]1.Nc1nc2c(c(F)cn2[C@@H]2O[C@H](CO)[C@H](O)C2(F)C#CCF)c(=O)[nH]1.Nc1nc2c(ccn2[C@@H]2O[C@H](CO)[C@H](O)C2(F)C#CCF)c(=O)[nH]1.Nc1nc2c(ncn2[C@@H]2O[C@H](CO)[C@H](O)C2(F)C#CCF)c(=O)[nH]1.Nc1ncc2ncn([C@@H]3O[C@H](CO)[C@H](O)C3(F)C#CCF)c2n1. The minimum absolute atomic E-state index is 0.0103. The number of nitrogen functional groups attached to an aromatic ring is 5. The fraction of sp³-hybridized carbons (Fsp3) is 0.448. The molecule has 5 saturated heterocycles. The second-order valence-corrected chi connectivity index (χ2v) is 26.3. The number of fused-ring (bicyclic) bond motifs is 5. The zero-order valence-corrected chi connectivity index (χ0v) is 61.5. The van der Waals surface area contributed by atoms with Gasteiger partial charge in [-0.05, 0) is 6.07 Å². The Labute approximate surface area is 665 Å². The van der Waals surface area contributed by atoms with Gasteiger partial charge in [-0.3, -0.25) is 47.6 Å². The Hall–Kier alpha value is -12.1. The van der Waals surface area contributed by atoms with Crippen LogP contribution >= 0.6 is 12.2 Å². The summed E-state index contributed by atoms with van der Waals surface area (Å²) in [6.45, 7) is -9.04. The smallest absolute Gasteiger partial charge is 0.280 e. The molecular weight excluding hydrogens is 1660 g/mol. The van der Waals surface area contributed by atoms with E-state index < -0.39 is 215 Å². The third-order valence-electron chi connectivity index (χ3n) is 18.6. The van der Waals surface area contributed by atoms with Gasteiger partial charge in [-0.2, -0.15) is 19.9 Å². The number of hydrogen-bond donors (Lipinski definition) is 19. The van der Waals surface area contributed by atoms with Crippen LogP contribution in [0.3, 0.4) is 0 Å². The summed E-state index contributed by atoms with van der Waals surface area (Å²) in [4.78, 5) is 79.8. The Morgan fingerprint density at radius 1 is 0.433 bits per heavy atom. The summed E-state index contributed by atoms with van der Waals surface area (Å²) >= 11 is 5.04. The first-order valence-electron chi connectivity index (χ1n) is 34.4. The zero-order chi connectivity index (χ0) is 87.4. The van der Waals surface area contributed by atoms with Gasteiger partial charge < -0.3 is 113 Å². The standard InChI is InChI=1S/C14H13F3N4O4.C14H14F2N4O4.C13H13F2N5O4.C13H13F2N5O3S.C13H13F2N5O3/c15-3-1-2-14(17)9(23)7(5-22)25-12(14)21-4-6(16)8-10(21)19-13(18)20-11(8)24;15-4-1-3-14(16)9(22)8(6-21)24-12(14)20-5-2-7-10(20)18-13(17)19-11(7)23;14-3-1-2-13(15)8(22)6(4-21)24-11(13)20-5-17-7-9(20)18-12(16)19-10(7)23;14-3-1-2-13(15)8(22)6(4-21)23-11(13)20-5-17-7-9(20)18-12(16)19-10(7)24;14-3-1-2-13(15)9(22)8(5-21)23-11(13)20-6-18-7-4-17-12(16)19-10(7)20/h4,7,9,12,22-23H,3,5H2,(H3,18,19,20,24);2,5,8-9,12,21-22H,4,6H2,(H3,17,18,19,23);5-6,8,11,21-22H,3-4H2,(H3,16,18,19,23);5-6,8,11,21-22H,3-4H2,(H3,16,18,19,24);4,6,8-9,11,21-22H,3,5H2,(H2,16,17,19)/t7-,9+,12-,14?;8-,9+,12-,14?;2*6-,8+,11-,13?;8-,9+,11-,13?/m11111/s1. The first-order chi connectivity index (χ1) is 57.1. The van der Waals surface area contributed by atoms with E-state index in [9.17, 15) is 91.8 Å². The van der Waals surface area contributed by atoms with Crippen molar-refractivity contribution in [1.29, 1.82) is 0 Å². The molecular formula is C67H66F11N23O18S. The van der Waals surface area contributed by atoms with Crippen molar-refractivity contribution in [3.8, 4) is 59.2 Å². The lowest BCUT2D eigenvalue weighted by atomic mass is 9.96. The van der Waals surface area contributed by atoms with Gasteiger partial charge in [0.1, 0.15) is 116 Å². The van der Waals surface area contributed by atoms with E-state index in [4.69, 9.17) is 64.6 Å². The molecule has 640 valence electrons. The van der Waals surface area contributed by atoms with Crippen molar-refractivity contribution in [1.82, 2.24) is 87.6 Å². The number of aliphatic hydroxyl groups excluding tert-OH is 10. The van der Waals surface area contributed by atoms with Gasteiger partial charge in [0.05, 0.1) is 63.6 Å². The van der Waals surface area contributed by atoms with Crippen LogP contribution in [0.5, 0.6) is 0 Å². The normalized spacial score (nSPS) is 29.6. The zero-order valence-electron chi connectivity index (χ0n) is 60.7. The molecule has 24 N–H and O–H groups in total. The number of rotatable bonds is 10. The molecule has 0 saturated carbocycles. The lowest BCUT2D eigenvalue weighted by Gasteiger charge is -2.24. The maximum Gasteiger partial charge on any atom is 0.280 e. The summed E-state index contributed by atoms with van der Waals surface area (Å²) in [5, 5.41) is 96.1. The van der Waals surface area contributed by atoms with Crippen molar-refractivity contribution >= 4 is 97.5 Å². The third kappa shape index (κ3) is 16.3. The average molecular weight is 1720 g/mol. The molecule has 0 bridgehead atoms. The van der Waals surface area contributed by atoms with E-state index in [2.05, 4.69) is 64.8 Å². The van der Waals surface area contributed by atoms with E-state index in [0.717, 1.165) is 26.2 Å². The van der Waals surface area contributed by atoms with E-state index >= 15 is 22.0 Å². The number of H-pyrrole nitrogens is 4. The first kappa shape index (κ1) is 88.7. The van der Waals surface area contributed by atoms with Crippen LogP contribution in [0.15, 0.2) is 58.0 Å². The summed E-state index contributed by atoms with van der Waals surface area (Å²) in [7, 11) is 0. The van der Waals surface area contributed by atoms with Crippen LogP contribution in [0.25, 0.3) is 55.6 Å². The highest BCUT2D eigenvalue weighted by molar-refractivity contribution is 7.71. The highest BCUT2D eigenvalue weighted by Gasteiger charge is 2.62. The fourth-order valence-corrected chi connectivity index (χ4v) is 13.4. The number of aliphatic hydroxyl groups is 10. The molecule has 10 aromatic rings. The molecule has 0 spiro atoms. The highest BCUT2D eigenvalue weighted by atomic mass is 32.1. The van der Waals surface area contributed by atoms with Gasteiger partial charge in [0.2, 0.25) is 52.1 Å². The summed E-state index contributed by atoms with van der Waals surface area (Å²) in [6, 6.07) is 1.37. The molecule has 5 aliphatic heterocycles. The number of alkyl halides is 10. The van der Waals surface area contributed by atoms with Crippen molar-refractivity contribution < 1.29 is 123 Å². The molecule has 0 radical (unpaired) electrons. The lowest BCUT2D eigenvalue weighted by Crippen LogP contribution is -2.42. The molecule has 15 heterocycles. The van der Waals surface area contributed by atoms with Gasteiger partial charge in [0.15, 0.2) is 75.7 Å². The quantitative estimate of drug-likeness (QED) is 0.0360. The van der Waals surface area contributed by atoms with Gasteiger partial charge in [-0.25, -0.2) is 73.2 Å². The monoisotopic (exact) mass is 1720 g/mol. The van der Waals surface area contributed by atoms with Gasteiger partial charge >= 0.3 is 0 Å². The van der Waals surface area contributed by atoms with E-state index in [0.29, 0.717) is 5.52 Å². The number of nitrogens with two attached hydrogens (primary N) is 5. The minimum atomic E-state index is -2.88. The Bertz CT molecular complexity index is 5720. The topological polar surface area (TPSA) is 634 Å². The number of nitrogens with one attached hydrogen (secondary N) is 4. The first-order valence-corrected chi connectivity index (χ1v) is 34.8. The Balaban J connectivity index is 0.000000147. The van der Waals surface area contributed by atoms with Crippen LogP contribution in [-0.4, -0.2) is 294 Å². The molecule has 5 unspecified atom stereocenters. The van der Waals surface area contributed by atoms with Crippen LogP contribution in [0.1, 0.15) is 31.1 Å². The van der Waals surface area contributed by atoms with Gasteiger partial charge in [0.25, 0.3) is 16.7 Å².